The first-order chi connectivity index (χ1) is 8.65. The molecule has 0 saturated heterocycles. The highest BCUT2D eigenvalue weighted by Gasteiger charge is 2.16. The highest BCUT2D eigenvalue weighted by Crippen LogP contribution is 2.31. The molecular weight excluding hydrogens is 291 g/mol. The smallest absolute Gasteiger partial charge is 0.141 e. The molecule has 0 unspecified atom stereocenters. The molecule has 0 atom stereocenters. The lowest BCUT2D eigenvalue weighted by molar-refractivity contribution is 0.628. The summed E-state index contributed by atoms with van der Waals surface area (Å²) in [4.78, 5) is 7.60. The second-order valence-corrected chi connectivity index (χ2v) is 5.75. The summed E-state index contributed by atoms with van der Waals surface area (Å²) in [5.74, 6) is 2.02. The Morgan fingerprint density at radius 2 is 2.22 bits per heavy atom. The van der Waals surface area contributed by atoms with Gasteiger partial charge in [-0.05, 0) is 18.2 Å². The van der Waals surface area contributed by atoms with Gasteiger partial charge in [-0.15, -0.1) is 0 Å². The average Bonchev–Trinajstić information content (AvgIpc) is 2.81. The first-order valence-corrected chi connectivity index (χ1v) is 7.24. The number of aromatic amines is 1. The summed E-state index contributed by atoms with van der Waals surface area (Å²) in [6, 6.07) is 4.53. The van der Waals surface area contributed by atoms with Crippen LogP contribution in [0, 0.1) is 10.5 Å². The molecule has 1 aliphatic heterocycles. The van der Waals surface area contributed by atoms with Crippen LogP contribution in [-0.2, 0) is 11.5 Å². The molecule has 6 heteroatoms. The standard InChI is InChI=1S/C12H8ClFN2S2/c13-8-3-6(1-2-9(8)14)11-15-10-5-18-4-7(10)12(17)16-11/h1-3H,4-5H2,(H,15,16,17). The van der Waals surface area contributed by atoms with Crippen molar-refractivity contribution in [3.05, 3.63) is 44.9 Å². The lowest BCUT2D eigenvalue weighted by atomic mass is 10.2. The summed E-state index contributed by atoms with van der Waals surface area (Å²) < 4.78 is 13.7. The molecule has 0 amide bonds. The van der Waals surface area contributed by atoms with Crippen LogP contribution in [0.4, 0.5) is 4.39 Å². The predicted octanol–water partition coefficient (Wildman–Crippen LogP) is 4.35. The van der Waals surface area contributed by atoms with Gasteiger partial charge in [-0.2, -0.15) is 11.8 Å². The maximum absolute atomic E-state index is 13.1. The van der Waals surface area contributed by atoms with Gasteiger partial charge in [0.2, 0.25) is 0 Å². The number of fused-ring (bicyclic) bond motifs is 1. The van der Waals surface area contributed by atoms with Crippen LogP contribution in [-0.4, -0.2) is 9.97 Å². The minimum Gasteiger partial charge on any atom is -0.342 e. The van der Waals surface area contributed by atoms with E-state index in [1.54, 1.807) is 23.9 Å². The summed E-state index contributed by atoms with van der Waals surface area (Å²) in [6.07, 6.45) is 0. The number of aromatic nitrogens is 2. The highest BCUT2D eigenvalue weighted by atomic mass is 35.5. The SMILES string of the molecule is Fc1ccc(-c2nc(=S)c3c([nH]2)CSC3)cc1Cl. The van der Waals surface area contributed by atoms with Gasteiger partial charge in [-0.3, -0.25) is 0 Å². The zero-order valence-corrected chi connectivity index (χ0v) is 11.6. The topological polar surface area (TPSA) is 28.7 Å². The van der Waals surface area contributed by atoms with Gasteiger partial charge in [0.25, 0.3) is 0 Å². The summed E-state index contributed by atoms with van der Waals surface area (Å²) in [5.41, 5.74) is 2.95. The molecular formula is C12H8ClFN2S2. The van der Waals surface area contributed by atoms with Crippen molar-refractivity contribution in [3.63, 3.8) is 0 Å². The minimum absolute atomic E-state index is 0.0866. The van der Waals surface area contributed by atoms with E-state index in [1.807, 2.05) is 0 Å². The fraction of sp³-hybridized carbons (Fsp3) is 0.167. The van der Waals surface area contributed by atoms with Gasteiger partial charge in [-0.25, -0.2) is 9.37 Å². The summed E-state index contributed by atoms with van der Waals surface area (Å²) in [6.45, 7) is 0. The minimum atomic E-state index is -0.435. The number of nitrogens with zero attached hydrogens (tertiary/aromatic N) is 1. The van der Waals surface area contributed by atoms with Crippen LogP contribution in [0.25, 0.3) is 11.4 Å². The van der Waals surface area contributed by atoms with Crippen molar-refractivity contribution < 1.29 is 4.39 Å². The quantitative estimate of drug-likeness (QED) is 0.794. The van der Waals surface area contributed by atoms with Gasteiger partial charge in [0, 0.05) is 28.3 Å². The number of hydrogen-bond donors (Lipinski definition) is 1. The van der Waals surface area contributed by atoms with E-state index in [1.165, 1.54) is 6.07 Å². The van der Waals surface area contributed by atoms with Gasteiger partial charge in [0.1, 0.15) is 16.3 Å². The molecule has 18 heavy (non-hydrogen) atoms. The Balaban J connectivity index is 2.15. The van der Waals surface area contributed by atoms with Gasteiger partial charge < -0.3 is 4.98 Å². The molecule has 2 heterocycles. The molecule has 0 bridgehead atoms. The third-order valence-electron chi connectivity index (χ3n) is 2.79. The van der Waals surface area contributed by atoms with Crippen LogP contribution in [0.1, 0.15) is 11.3 Å². The fourth-order valence-corrected chi connectivity index (χ4v) is 3.48. The summed E-state index contributed by atoms with van der Waals surface area (Å²) in [7, 11) is 0. The first kappa shape index (κ1) is 12.1. The molecule has 0 fully saturated rings. The van der Waals surface area contributed by atoms with Gasteiger partial charge in [0.15, 0.2) is 0 Å². The Morgan fingerprint density at radius 3 is 3.00 bits per heavy atom. The molecule has 0 aliphatic carbocycles. The number of thioether (sulfide) groups is 1. The molecule has 1 aliphatic rings. The Labute approximate surface area is 118 Å². The third kappa shape index (κ3) is 2.06. The molecule has 0 saturated carbocycles. The Kier molecular flexibility index (Phi) is 3.13. The molecule has 3 rings (SSSR count). The Morgan fingerprint density at radius 1 is 1.39 bits per heavy atom. The highest BCUT2D eigenvalue weighted by molar-refractivity contribution is 7.98. The molecule has 1 aromatic carbocycles. The second-order valence-electron chi connectivity index (χ2n) is 3.97. The van der Waals surface area contributed by atoms with Crippen LogP contribution in [0.3, 0.4) is 0 Å². The maximum Gasteiger partial charge on any atom is 0.141 e. The van der Waals surface area contributed by atoms with E-state index in [2.05, 4.69) is 9.97 Å². The van der Waals surface area contributed by atoms with E-state index in [-0.39, 0.29) is 5.02 Å². The number of nitrogens with one attached hydrogen (secondary N) is 1. The van der Waals surface area contributed by atoms with Gasteiger partial charge in [-0.1, -0.05) is 23.8 Å². The van der Waals surface area contributed by atoms with E-state index < -0.39 is 5.82 Å². The largest absolute Gasteiger partial charge is 0.342 e. The Hall–Kier alpha value is -0.910. The predicted molar refractivity (Wildman–Crippen MR) is 74.8 cm³/mol. The number of hydrogen-bond acceptors (Lipinski definition) is 3. The lowest BCUT2D eigenvalue weighted by Crippen LogP contribution is -1.97. The van der Waals surface area contributed by atoms with E-state index >= 15 is 0 Å². The normalized spacial score (nSPS) is 13.7. The first-order valence-electron chi connectivity index (χ1n) is 5.30. The molecule has 1 N–H and O–H groups in total. The van der Waals surface area contributed by atoms with Crippen molar-refractivity contribution in [3.8, 4) is 11.4 Å². The van der Waals surface area contributed by atoms with E-state index in [0.717, 1.165) is 28.3 Å². The van der Waals surface area contributed by atoms with Crippen molar-refractivity contribution in [2.24, 2.45) is 0 Å². The second kappa shape index (κ2) is 4.64. The van der Waals surface area contributed by atoms with E-state index in [0.29, 0.717) is 10.5 Å². The Bertz CT molecular complexity index is 684. The van der Waals surface area contributed by atoms with Crippen molar-refractivity contribution in [2.45, 2.75) is 11.5 Å². The molecule has 2 nitrogen and oxygen atoms in total. The monoisotopic (exact) mass is 298 g/mol. The molecule has 1 aromatic heterocycles. The van der Waals surface area contributed by atoms with E-state index in [4.69, 9.17) is 23.8 Å². The summed E-state index contributed by atoms with van der Waals surface area (Å²) >= 11 is 12.8. The summed E-state index contributed by atoms with van der Waals surface area (Å²) in [5, 5.41) is 0.0866. The fourth-order valence-electron chi connectivity index (χ4n) is 1.85. The zero-order chi connectivity index (χ0) is 12.7. The van der Waals surface area contributed by atoms with Crippen molar-refractivity contribution in [2.75, 3.05) is 0 Å². The van der Waals surface area contributed by atoms with Gasteiger partial charge >= 0.3 is 0 Å². The lowest BCUT2D eigenvalue weighted by Gasteiger charge is -2.06. The van der Waals surface area contributed by atoms with Gasteiger partial charge in [0.05, 0.1) is 5.02 Å². The maximum atomic E-state index is 13.1. The van der Waals surface area contributed by atoms with Crippen LogP contribution >= 0.6 is 35.6 Å². The van der Waals surface area contributed by atoms with Crippen LogP contribution in [0.15, 0.2) is 18.2 Å². The van der Waals surface area contributed by atoms with Crippen LogP contribution < -0.4 is 0 Å². The number of rotatable bonds is 1. The number of benzene rings is 1. The van der Waals surface area contributed by atoms with E-state index in [9.17, 15) is 4.39 Å². The third-order valence-corrected chi connectivity index (χ3v) is 4.40. The molecule has 92 valence electrons. The molecule has 2 aromatic rings. The van der Waals surface area contributed by atoms with Crippen molar-refractivity contribution in [1.82, 2.24) is 9.97 Å². The zero-order valence-electron chi connectivity index (χ0n) is 9.17. The van der Waals surface area contributed by atoms with Crippen molar-refractivity contribution in [1.29, 1.82) is 0 Å². The van der Waals surface area contributed by atoms with Crippen LogP contribution in [0.5, 0.6) is 0 Å². The van der Waals surface area contributed by atoms with Crippen molar-refractivity contribution >= 4 is 35.6 Å². The molecule has 0 radical (unpaired) electrons. The molecule has 0 spiro atoms. The number of H-pyrrole nitrogens is 1. The van der Waals surface area contributed by atoms with Crippen LogP contribution in [0.2, 0.25) is 5.02 Å². The number of halogens is 2. The average molecular weight is 299 g/mol.